The van der Waals surface area contributed by atoms with Crippen LogP contribution in [0.25, 0.3) is 11.0 Å². The molecule has 0 saturated carbocycles. The minimum atomic E-state index is -0.306. The molecule has 0 aliphatic carbocycles. The molecule has 0 bridgehead atoms. The second-order valence-electron chi connectivity index (χ2n) is 7.00. The molecule has 0 unspecified atom stereocenters. The molecule has 150 valence electrons. The minimum Gasteiger partial charge on any atom is -0.451 e. The number of hydrogen-bond acceptors (Lipinski definition) is 4. The molecule has 1 fully saturated rings. The van der Waals surface area contributed by atoms with E-state index >= 15 is 0 Å². The van der Waals surface area contributed by atoms with Crippen LogP contribution in [0.4, 0.5) is 5.69 Å². The highest BCUT2D eigenvalue weighted by atomic mass is 79.9. The zero-order valence-electron chi connectivity index (χ0n) is 15.9. The van der Waals surface area contributed by atoms with E-state index < -0.39 is 0 Å². The number of para-hydroxylation sites is 1. The lowest BCUT2D eigenvalue weighted by molar-refractivity contribution is -0.131. The van der Waals surface area contributed by atoms with Crippen molar-refractivity contribution >= 4 is 44.4 Å². The van der Waals surface area contributed by atoms with Crippen LogP contribution in [0.5, 0.6) is 0 Å². The van der Waals surface area contributed by atoms with Gasteiger partial charge in [0.25, 0.3) is 5.91 Å². The van der Waals surface area contributed by atoms with Gasteiger partial charge in [-0.2, -0.15) is 0 Å². The van der Waals surface area contributed by atoms with Crippen LogP contribution in [0.1, 0.15) is 17.0 Å². The summed E-state index contributed by atoms with van der Waals surface area (Å²) in [7, 11) is 0. The Kier molecular flexibility index (Phi) is 5.85. The normalized spacial score (nSPS) is 14.2. The van der Waals surface area contributed by atoms with E-state index in [0.717, 1.165) is 22.9 Å². The van der Waals surface area contributed by atoms with Gasteiger partial charge in [0.1, 0.15) is 5.58 Å². The number of anilines is 1. The Morgan fingerprint density at radius 3 is 2.52 bits per heavy atom. The van der Waals surface area contributed by atoms with Gasteiger partial charge in [-0.25, -0.2) is 0 Å². The third-order valence-electron chi connectivity index (χ3n) is 5.08. The molecular formula is C22H22BrN3O3. The third-order valence-corrected chi connectivity index (χ3v) is 5.57. The SMILES string of the molecule is O=C(NCCC(=O)N1CCN(c2ccccc2)CC1)c1cc2cc(Br)ccc2o1. The molecule has 0 atom stereocenters. The number of furan rings is 1. The molecule has 1 N–H and O–H groups in total. The topological polar surface area (TPSA) is 65.8 Å². The van der Waals surface area contributed by atoms with Crippen molar-refractivity contribution in [1.82, 2.24) is 10.2 Å². The molecule has 0 spiro atoms. The van der Waals surface area contributed by atoms with Crippen molar-refractivity contribution in [2.24, 2.45) is 0 Å². The van der Waals surface area contributed by atoms with E-state index in [9.17, 15) is 9.59 Å². The summed E-state index contributed by atoms with van der Waals surface area (Å²) < 4.78 is 6.51. The minimum absolute atomic E-state index is 0.0616. The molecule has 6 nitrogen and oxygen atoms in total. The predicted octanol–water partition coefficient (Wildman–Crippen LogP) is 3.66. The number of amides is 2. The number of nitrogens with zero attached hydrogens (tertiary/aromatic N) is 2. The van der Waals surface area contributed by atoms with Crippen LogP contribution in [0.2, 0.25) is 0 Å². The number of piperazine rings is 1. The first-order valence-electron chi connectivity index (χ1n) is 9.65. The summed E-state index contributed by atoms with van der Waals surface area (Å²) in [6.07, 6.45) is 0.281. The van der Waals surface area contributed by atoms with Crippen molar-refractivity contribution < 1.29 is 14.0 Å². The fourth-order valence-electron chi connectivity index (χ4n) is 3.51. The zero-order valence-corrected chi connectivity index (χ0v) is 17.5. The van der Waals surface area contributed by atoms with Gasteiger partial charge in [-0.15, -0.1) is 0 Å². The summed E-state index contributed by atoms with van der Waals surface area (Å²) in [4.78, 5) is 28.9. The fraction of sp³-hybridized carbons (Fsp3) is 0.273. The first kappa shape index (κ1) is 19.5. The molecule has 2 heterocycles. The van der Waals surface area contributed by atoms with Crippen molar-refractivity contribution in [2.45, 2.75) is 6.42 Å². The summed E-state index contributed by atoms with van der Waals surface area (Å²) in [6, 6.07) is 17.5. The Morgan fingerprint density at radius 1 is 1.00 bits per heavy atom. The van der Waals surface area contributed by atoms with Crippen LogP contribution in [0.15, 0.2) is 63.5 Å². The Balaban J connectivity index is 1.24. The molecule has 1 saturated heterocycles. The van der Waals surface area contributed by atoms with Crippen molar-refractivity contribution in [1.29, 1.82) is 0 Å². The van der Waals surface area contributed by atoms with Gasteiger partial charge in [0.2, 0.25) is 5.91 Å². The molecule has 3 aromatic rings. The van der Waals surface area contributed by atoms with Gasteiger partial charge >= 0.3 is 0 Å². The number of benzene rings is 2. The average Bonchev–Trinajstić information content (AvgIpc) is 3.17. The van der Waals surface area contributed by atoms with E-state index in [4.69, 9.17) is 4.42 Å². The maximum absolute atomic E-state index is 12.5. The van der Waals surface area contributed by atoms with Gasteiger partial charge in [-0.3, -0.25) is 9.59 Å². The molecule has 4 rings (SSSR count). The second-order valence-corrected chi connectivity index (χ2v) is 7.92. The Hall–Kier alpha value is -2.80. The summed E-state index contributed by atoms with van der Waals surface area (Å²) >= 11 is 3.40. The van der Waals surface area contributed by atoms with E-state index in [0.29, 0.717) is 18.7 Å². The van der Waals surface area contributed by atoms with Gasteiger partial charge in [-0.05, 0) is 36.4 Å². The average molecular weight is 456 g/mol. The van der Waals surface area contributed by atoms with Crippen molar-refractivity contribution in [3.63, 3.8) is 0 Å². The van der Waals surface area contributed by atoms with Crippen molar-refractivity contribution in [2.75, 3.05) is 37.6 Å². The molecule has 0 radical (unpaired) electrons. The number of hydrogen-bond donors (Lipinski definition) is 1. The van der Waals surface area contributed by atoms with Gasteiger partial charge < -0.3 is 19.5 Å². The lowest BCUT2D eigenvalue weighted by Gasteiger charge is -2.36. The molecular weight excluding hydrogens is 434 g/mol. The molecule has 2 amide bonds. The fourth-order valence-corrected chi connectivity index (χ4v) is 3.89. The number of nitrogens with one attached hydrogen (secondary N) is 1. The second kappa shape index (κ2) is 8.69. The molecule has 1 aliphatic heterocycles. The zero-order chi connectivity index (χ0) is 20.2. The molecule has 29 heavy (non-hydrogen) atoms. The Labute approximate surface area is 177 Å². The van der Waals surface area contributed by atoms with Crippen LogP contribution in [0, 0.1) is 0 Å². The van der Waals surface area contributed by atoms with Crippen LogP contribution >= 0.6 is 15.9 Å². The number of fused-ring (bicyclic) bond motifs is 1. The van der Waals surface area contributed by atoms with E-state index in [2.05, 4.69) is 38.3 Å². The van der Waals surface area contributed by atoms with E-state index in [1.165, 1.54) is 5.69 Å². The highest BCUT2D eigenvalue weighted by Gasteiger charge is 2.21. The van der Waals surface area contributed by atoms with Crippen LogP contribution in [-0.2, 0) is 4.79 Å². The Bertz CT molecular complexity index is 1010. The standard InChI is InChI=1S/C22H22BrN3O3/c23-17-6-7-19-16(14-17)15-20(29-19)22(28)24-9-8-21(27)26-12-10-25(11-13-26)18-4-2-1-3-5-18/h1-7,14-15H,8-13H2,(H,24,28). The van der Waals surface area contributed by atoms with Gasteiger partial charge in [0.05, 0.1) is 0 Å². The highest BCUT2D eigenvalue weighted by molar-refractivity contribution is 9.10. The van der Waals surface area contributed by atoms with E-state index in [1.54, 1.807) is 6.07 Å². The lowest BCUT2D eigenvalue weighted by atomic mass is 10.2. The maximum Gasteiger partial charge on any atom is 0.287 e. The van der Waals surface area contributed by atoms with Gasteiger partial charge in [0.15, 0.2) is 5.76 Å². The molecule has 1 aliphatic rings. The quantitative estimate of drug-likeness (QED) is 0.637. The van der Waals surface area contributed by atoms with Crippen LogP contribution in [-0.4, -0.2) is 49.4 Å². The van der Waals surface area contributed by atoms with E-state index in [-0.39, 0.29) is 30.5 Å². The summed E-state index contributed by atoms with van der Waals surface area (Å²) in [5, 5.41) is 3.64. The number of halogens is 1. The van der Waals surface area contributed by atoms with Crippen LogP contribution in [0.3, 0.4) is 0 Å². The van der Waals surface area contributed by atoms with Crippen molar-refractivity contribution in [3.05, 3.63) is 64.8 Å². The smallest absolute Gasteiger partial charge is 0.287 e. The number of carbonyl (C=O) groups excluding carboxylic acids is 2. The maximum atomic E-state index is 12.5. The monoisotopic (exact) mass is 455 g/mol. The first-order chi connectivity index (χ1) is 14.1. The third kappa shape index (κ3) is 4.62. The number of rotatable bonds is 5. The highest BCUT2D eigenvalue weighted by Crippen LogP contribution is 2.23. The van der Waals surface area contributed by atoms with Gasteiger partial charge in [0, 0.05) is 54.7 Å². The predicted molar refractivity (Wildman–Crippen MR) is 116 cm³/mol. The Morgan fingerprint density at radius 2 is 1.76 bits per heavy atom. The lowest BCUT2D eigenvalue weighted by Crippen LogP contribution is -2.49. The van der Waals surface area contributed by atoms with E-state index in [1.807, 2.05) is 41.3 Å². The van der Waals surface area contributed by atoms with Crippen molar-refractivity contribution in [3.8, 4) is 0 Å². The molecule has 2 aromatic carbocycles. The number of carbonyl (C=O) groups is 2. The molecule has 7 heteroatoms. The summed E-state index contributed by atoms with van der Waals surface area (Å²) in [6.45, 7) is 3.31. The first-order valence-corrected chi connectivity index (χ1v) is 10.4. The summed E-state index contributed by atoms with van der Waals surface area (Å²) in [5.74, 6) is 0.00703. The summed E-state index contributed by atoms with van der Waals surface area (Å²) in [5.41, 5.74) is 1.84. The van der Waals surface area contributed by atoms with Gasteiger partial charge in [-0.1, -0.05) is 34.1 Å². The van der Waals surface area contributed by atoms with Crippen LogP contribution < -0.4 is 10.2 Å². The largest absolute Gasteiger partial charge is 0.451 e. The molecule has 1 aromatic heterocycles.